The largest absolute Gasteiger partial charge is 0.385 e. The highest BCUT2D eigenvalue weighted by Crippen LogP contribution is 2.16. The van der Waals surface area contributed by atoms with Crippen molar-refractivity contribution in [1.29, 1.82) is 0 Å². The molecule has 0 unspecified atom stereocenters. The van der Waals surface area contributed by atoms with E-state index < -0.39 is 0 Å². The van der Waals surface area contributed by atoms with E-state index in [-0.39, 0.29) is 0 Å². The SMILES string of the molecule is COCCCC1=C(C=[SiH2])CNCC1. The van der Waals surface area contributed by atoms with Gasteiger partial charge in [-0.25, -0.2) is 0 Å². The maximum atomic E-state index is 5.06. The maximum absolute atomic E-state index is 5.06. The lowest BCUT2D eigenvalue weighted by molar-refractivity contribution is 0.194. The van der Waals surface area contributed by atoms with Crippen molar-refractivity contribution in [2.45, 2.75) is 19.3 Å². The van der Waals surface area contributed by atoms with E-state index in [1.165, 1.54) is 18.4 Å². The molecule has 0 atom stereocenters. The Morgan fingerprint density at radius 2 is 2.46 bits per heavy atom. The summed E-state index contributed by atoms with van der Waals surface area (Å²) in [4.78, 5) is 0. The lowest BCUT2D eigenvalue weighted by Crippen LogP contribution is -2.26. The molecule has 13 heavy (non-hydrogen) atoms. The Labute approximate surface area is 83.4 Å². The van der Waals surface area contributed by atoms with Crippen LogP contribution in [0, 0.1) is 0 Å². The standard InChI is InChI=1S/C10H19NOSi/c1-12-6-2-3-9-4-5-11-7-10(9)8-13/h8,11H,2-7,13H2,1H3. The second kappa shape index (κ2) is 6.24. The number of hydrogen-bond acceptors (Lipinski definition) is 2. The molecule has 0 amide bonds. The molecule has 0 aromatic rings. The van der Waals surface area contributed by atoms with Crippen LogP contribution in [0.3, 0.4) is 0 Å². The molecule has 0 radical (unpaired) electrons. The Bertz CT molecular complexity index is 201. The average molecular weight is 197 g/mol. The highest BCUT2D eigenvalue weighted by molar-refractivity contribution is 6.32. The molecule has 0 aromatic heterocycles. The van der Waals surface area contributed by atoms with E-state index in [4.69, 9.17) is 4.74 Å². The molecule has 0 saturated carbocycles. The first kappa shape index (κ1) is 10.8. The van der Waals surface area contributed by atoms with Gasteiger partial charge in [0.15, 0.2) is 0 Å². The molecule has 1 aliphatic rings. The van der Waals surface area contributed by atoms with E-state index in [0.717, 1.165) is 26.1 Å². The molecule has 2 nitrogen and oxygen atoms in total. The zero-order valence-electron chi connectivity index (χ0n) is 8.44. The van der Waals surface area contributed by atoms with Crippen molar-refractivity contribution in [1.82, 2.24) is 5.32 Å². The highest BCUT2D eigenvalue weighted by atomic mass is 28.1. The topological polar surface area (TPSA) is 21.3 Å². The molecule has 0 fully saturated rings. The normalized spacial score (nSPS) is 17.6. The van der Waals surface area contributed by atoms with Gasteiger partial charge in [-0.3, -0.25) is 0 Å². The van der Waals surface area contributed by atoms with Gasteiger partial charge in [0.25, 0.3) is 0 Å². The predicted molar refractivity (Wildman–Crippen MR) is 60.2 cm³/mol. The molecular formula is C10H19NOSi. The van der Waals surface area contributed by atoms with Crippen LogP contribution in [0.4, 0.5) is 0 Å². The number of nitrogens with one attached hydrogen (secondary N) is 1. The molecule has 0 spiro atoms. The van der Waals surface area contributed by atoms with E-state index >= 15 is 0 Å². The van der Waals surface area contributed by atoms with Gasteiger partial charge in [0.2, 0.25) is 0 Å². The second-order valence-electron chi connectivity index (χ2n) is 3.36. The smallest absolute Gasteiger partial charge is 0.0465 e. The number of rotatable bonds is 5. The van der Waals surface area contributed by atoms with Crippen LogP contribution < -0.4 is 5.32 Å². The molecule has 1 N–H and O–H groups in total. The quantitative estimate of drug-likeness (QED) is 0.500. The van der Waals surface area contributed by atoms with Gasteiger partial charge in [-0.05, 0) is 41.2 Å². The Balaban J connectivity index is 2.42. The van der Waals surface area contributed by atoms with Crippen molar-refractivity contribution in [2.75, 3.05) is 26.8 Å². The van der Waals surface area contributed by atoms with Crippen LogP contribution in [-0.2, 0) is 4.74 Å². The first-order valence-corrected chi connectivity index (χ1v) is 5.73. The van der Waals surface area contributed by atoms with Crippen LogP contribution in [0.1, 0.15) is 19.3 Å². The first-order valence-electron chi connectivity index (χ1n) is 4.91. The van der Waals surface area contributed by atoms with Crippen LogP contribution >= 0.6 is 0 Å². The zero-order valence-corrected chi connectivity index (χ0v) is 9.85. The molecule has 74 valence electrons. The third-order valence-electron chi connectivity index (χ3n) is 2.45. The second-order valence-corrected chi connectivity index (χ2v) is 3.76. The zero-order chi connectivity index (χ0) is 9.52. The van der Waals surface area contributed by atoms with E-state index in [1.54, 1.807) is 12.7 Å². The maximum Gasteiger partial charge on any atom is 0.0465 e. The molecule has 1 aliphatic heterocycles. The molecule has 0 aliphatic carbocycles. The lowest BCUT2D eigenvalue weighted by Gasteiger charge is -2.19. The van der Waals surface area contributed by atoms with Crippen LogP contribution in [0.15, 0.2) is 11.1 Å². The Morgan fingerprint density at radius 1 is 1.62 bits per heavy atom. The van der Waals surface area contributed by atoms with E-state index in [2.05, 4.69) is 11.0 Å². The third kappa shape index (κ3) is 3.54. The Hall–Kier alpha value is -0.253. The van der Waals surface area contributed by atoms with Gasteiger partial charge in [-0.15, -0.1) is 0 Å². The van der Waals surface area contributed by atoms with Crippen molar-refractivity contribution < 1.29 is 4.74 Å². The lowest BCUT2D eigenvalue weighted by atomic mass is 9.98. The Morgan fingerprint density at radius 3 is 3.15 bits per heavy atom. The van der Waals surface area contributed by atoms with E-state index in [1.807, 2.05) is 9.85 Å². The van der Waals surface area contributed by atoms with Crippen LogP contribution in [0.2, 0.25) is 0 Å². The van der Waals surface area contributed by atoms with Gasteiger partial charge >= 0.3 is 0 Å². The fourth-order valence-electron chi connectivity index (χ4n) is 1.68. The summed E-state index contributed by atoms with van der Waals surface area (Å²) in [6.45, 7) is 3.09. The summed E-state index contributed by atoms with van der Waals surface area (Å²) in [5, 5.41) is 3.39. The fraction of sp³-hybridized carbons (Fsp3) is 0.700. The van der Waals surface area contributed by atoms with Gasteiger partial charge in [0, 0.05) is 20.3 Å². The number of ether oxygens (including phenoxy) is 1. The first-order chi connectivity index (χ1) is 6.38. The summed E-state index contributed by atoms with van der Waals surface area (Å²) in [7, 11) is 3.70. The van der Waals surface area contributed by atoms with Crippen molar-refractivity contribution in [2.24, 2.45) is 0 Å². The van der Waals surface area contributed by atoms with Crippen molar-refractivity contribution in [3.63, 3.8) is 0 Å². The predicted octanol–water partition coefficient (Wildman–Crippen LogP) is 0.138. The number of hydrogen-bond donors (Lipinski definition) is 1. The summed E-state index contributed by atoms with van der Waals surface area (Å²) < 4.78 is 5.06. The summed E-state index contributed by atoms with van der Waals surface area (Å²) in [5.74, 6) is 0. The minimum atomic E-state index is 0.885. The average Bonchev–Trinajstić information content (AvgIpc) is 2.19. The minimum Gasteiger partial charge on any atom is -0.385 e. The molecule has 0 saturated heterocycles. The van der Waals surface area contributed by atoms with Crippen molar-refractivity contribution >= 4 is 15.5 Å². The van der Waals surface area contributed by atoms with E-state index in [9.17, 15) is 0 Å². The third-order valence-corrected chi connectivity index (χ3v) is 2.94. The van der Waals surface area contributed by atoms with E-state index in [0.29, 0.717) is 0 Å². The van der Waals surface area contributed by atoms with Gasteiger partial charge in [0.1, 0.15) is 0 Å². The van der Waals surface area contributed by atoms with Gasteiger partial charge in [-0.2, -0.15) is 0 Å². The van der Waals surface area contributed by atoms with Crippen molar-refractivity contribution in [3.05, 3.63) is 11.1 Å². The summed E-state index contributed by atoms with van der Waals surface area (Å²) >= 11 is 0. The van der Waals surface area contributed by atoms with Crippen LogP contribution in [0.25, 0.3) is 0 Å². The van der Waals surface area contributed by atoms with Gasteiger partial charge in [-0.1, -0.05) is 11.2 Å². The van der Waals surface area contributed by atoms with Gasteiger partial charge < -0.3 is 10.1 Å². The summed E-state index contributed by atoms with van der Waals surface area (Å²) in [6.07, 6.45) is 3.58. The Kier molecular flexibility index (Phi) is 5.19. The molecule has 0 bridgehead atoms. The number of methoxy groups -OCH3 is 1. The molecule has 3 heteroatoms. The van der Waals surface area contributed by atoms with Crippen LogP contribution in [0.5, 0.6) is 0 Å². The fourth-order valence-corrected chi connectivity index (χ4v) is 2.11. The summed E-state index contributed by atoms with van der Waals surface area (Å²) in [6, 6.07) is 0. The molecule has 0 aromatic carbocycles. The van der Waals surface area contributed by atoms with Gasteiger partial charge in [0.05, 0.1) is 0 Å². The molecule has 1 heterocycles. The minimum absolute atomic E-state index is 0.885. The molecule has 1 rings (SSSR count). The monoisotopic (exact) mass is 197 g/mol. The summed E-state index contributed by atoms with van der Waals surface area (Å²) in [5.41, 5.74) is 5.40. The highest BCUT2D eigenvalue weighted by Gasteiger charge is 2.08. The molecular weight excluding hydrogens is 178 g/mol. The van der Waals surface area contributed by atoms with Crippen molar-refractivity contribution in [3.8, 4) is 0 Å². The van der Waals surface area contributed by atoms with Crippen LogP contribution in [-0.4, -0.2) is 42.3 Å².